The van der Waals surface area contributed by atoms with E-state index >= 15 is 0 Å². The lowest BCUT2D eigenvalue weighted by Crippen LogP contribution is -2.28. The van der Waals surface area contributed by atoms with Gasteiger partial charge in [0.1, 0.15) is 5.82 Å². The Morgan fingerprint density at radius 2 is 1.86 bits per heavy atom. The Morgan fingerprint density at radius 1 is 1.07 bits per heavy atom. The molecule has 3 aromatic heterocycles. The minimum absolute atomic E-state index is 0.120. The number of aliphatic hydroxyl groups excluding tert-OH is 2. The molecule has 1 aliphatic rings. The largest absolute Gasteiger partial charge is 0.395 e. The number of nitrogens with one attached hydrogen (secondary N) is 1. The zero-order valence-electron chi connectivity index (χ0n) is 26.1. The molecule has 4 aromatic rings. The second-order valence-corrected chi connectivity index (χ2v) is 13.1. The van der Waals surface area contributed by atoms with Crippen LogP contribution >= 0.6 is 11.3 Å². The number of hydrogen-bond acceptors (Lipinski definition) is 10. The molecule has 3 heterocycles. The van der Waals surface area contributed by atoms with Crippen molar-refractivity contribution >= 4 is 17.2 Å². The summed E-state index contributed by atoms with van der Waals surface area (Å²) in [5.74, 6) is 2.25. The maximum absolute atomic E-state index is 9.93. The van der Waals surface area contributed by atoms with Gasteiger partial charge in [-0.05, 0) is 79.6 Å². The lowest BCUT2D eigenvalue weighted by Gasteiger charge is -2.26. The molecule has 1 fully saturated rings. The van der Waals surface area contributed by atoms with Crippen LogP contribution in [0, 0.1) is 5.92 Å². The van der Waals surface area contributed by atoms with Crippen LogP contribution in [-0.4, -0.2) is 77.6 Å². The maximum Gasteiger partial charge on any atom is 0.216 e. The standard InChI is InChI=1S/C33H46N8O2S/c1-4-5-15-40(16-17-42)22-26-18-29(36-31(19-26)34-20-25-11-13-28(43)14-12-25)23(2)24(3)33-35-21-30(44-33)32-37-39-41(38-32)27-9-7-6-8-10-27/h6-10,18-19,21,23-25,28,42-43H,4-5,11-17,20,22H2,1-3H3,(H,34,36). The van der Waals surface area contributed by atoms with E-state index in [9.17, 15) is 10.2 Å². The average Bonchev–Trinajstić information content (AvgIpc) is 3.74. The molecule has 0 amide bonds. The van der Waals surface area contributed by atoms with Crippen LogP contribution in [0.1, 0.15) is 87.4 Å². The van der Waals surface area contributed by atoms with Gasteiger partial charge in [-0.1, -0.05) is 45.4 Å². The fourth-order valence-corrected chi connectivity index (χ4v) is 6.73. The molecule has 10 nitrogen and oxygen atoms in total. The summed E-state index contributed by atoms with van der Waals surface area (Å²) in [4.78, 5) is 14.6. The number of rotatable bonds is 15. The number of para-hydroxylation sites is 1. The van der Waals surface area contributed by atoms with Gasteiger partial charge in [-0.3, -0.25) is 4.90 Å². The van der Waals surface area contributed by atoms with Gasteiger partial charge >= 0.3 is 0 Å². The summed E-state index contributed by atoms with van der Waals surface area (Å²) in [6.07, 6.45) is 7.74. The molecule has 1 aliphatic carbocycles. The molecule has 236 valence electrons. The van der Waals surface area contributed by atoms with Gasteiger partial charge in [0.15, 0.2) is 0 Å². The zero-order chi connectivity index (χ0) is 30.9. The number of anilines is 1. The van der Waals surface area contributed by atoms with Crippen LogP contribution in [-0.2, 0) is 6.54 Å². The van der Waals surface area contributed by atoms with E-state index in [2.05, 4.69) is 58.5 Å². The van der Waals surface area contributed by atoms with Crippen LogP contribution in [0.15, 0.2) is 48.7 Å². The number of unbranched alkanes of at least 4 members (excludes halogenated alkanes) is 1. The monoisotopic (exact) mass is 618 g/mol. The molecule has 2 unspecified atom stereocenters. The van der Waals surface area contributed by atoms with Crippen molar-refractivity contribution in [1.29, 1.82) is 0 Å². The highest BCUT2D eigenvalue weighted by Gasteiger charge is 2.24. The first-order valence-electron chi connectivity index (χ1n) is 16.0. The normalized spacial score (nSPS) is 18.4. The van der Waals surface area contributed by atoms with E-state index in [0.29, 0.717) is 18.3 Å². The van der Waals surface area contributed by atoms with E-state index in [4.69, 9.17) is 9.97 Å². The Hall–Kier alpha value is -3.25. The summed E-state index contributed by atoms with van der Waals surface area (Å²) in [5, 5.41) is 37.4. The predicted molar refractivity (Wildman–Crippen MR) is 175 cm³/mol. The van der Waals surface area contributed by atoms with Crippen molar-refractivity contribution < 1.29 is 10.2 Å². The second kappa shape index (κ2) is 15.7. The molecule has 0 saturated heterocycles. The second-order valence-electron chi connectivity index (χ2n) is 12.1. The third kappa shape index (κ3) is 8.47. The Bertz CT molecular complexity index is 1440. The van der Waals surface area contributed by atoms with E-state index in [0.717, 1.165) is 85.2 Å². The lowest BCUT2D eigenvalue weighted by atomic mass is 9.87. The van der Waals surface area contributed by atoms with Crippen molar-refractivity contribution in [2.75, 3.05) is 31.6 Å². The third-order valence-electron chi connectivity index (χ3n) is 8.69. The van der Waals surface area contributed by atoms with Crippen LogP contribution in [0.2, 0.25) is 0 Å². The lowest BCUT2D eigenvalue weighted by molar-refractivity contribution is 0.111. The van der Waals surface area contributed by atoms with Crippen LogP contribution in [0.5, 0.6) is 0 Å². The van der Waals surface area contributed by atoms with Crippen molar-refractivity contribution in [1.82, 2.24) is 35.1 Å². The molecule has 1 aromatic carbocycles. The van der Waals surface area contributed by atoms with Crippen LogP contribution in [0.4, 0.5) is 5.82 Å². The quantitative estimate of drug-likeness (QED) is 0.155. The van der Waals surface area contributed by atoms with Crippen molar-refractivity contribution in [3.63, 3.8) is 0 Å². The van der Waals surface area contributed by atoms with Crippen LogP contribution in [0.25, 0.3) is 16.4 Å². The predicted octanol–water partition coefficient (Wildman–Crippen LogP) is 5.65. The molecule has 2 atom stereocenters. The fraction of sp³-hybridized carbons (Fsp3) is 0.545. The molecule has 44 heavy (non-hydrogen) atoms. The van der Waals surface area contributed by atoms with Crippen LogP contribution < -0.4 is 5.32 Å². The molecular formula is C33H46N8O2S. The van der Waals surface area contributed by atoms with Gasteiger partial charge in [-0.15, -0.1) is 26.3 Å². The van der Waals surface area contributed by atoms with Gasteiger partial charge in [0, 0.05) is 43.4 Å². The average molecular weight is 619 g/mol. The number of hydrogen-bond donors (Lipinski definition) is 3. The molecule has 0 radical (unpaired) electrons. The summed E-state index contributed by atoms with van der Waals surface area (Å²) in [6.45, 7) is 10.0. The molecule has 1 saturated carbocycles. The van der Waals surface area contributed by atoms with Crippen molar-refractivity contribution in [3.05, 3.63) is 64.9 Å². The molecule has 0 spiro atoms. The first-order valence-corrected chi connectivity index (χ1v) is 16.8. The fourth-order valence-electron chi connectivity index (χ4n) is 5.73. The van der Waals surface area contributed by atoms with Crippen LogP contribution in [0.3, 0.4) is 0 Å². The van der Waals surface area contributed by atoms with Crippen molar-refractivity contribution in [2.45, 2.75) is 83.8 Å². The molecular weight excluding hydrogens is 572 g/mol. The van der Waals surface area contributed by atoms with Gasteiger partial charge in [0.25, 0.3) is 0 Å². The number of thiazole rings is 1. The van der Waals surface area contributed by atoms with Crippen molar-refractivity contribution in [3.8, 4) is 16.4 Å². The number of aliphatic hydroxyl groups is 2. The summed E-state index contributed by atoms with van der Waals surface area (Å²) in [6, 6.07) is 14.1. The number of nitrogens with zero attached hydrogens (tertiary/aromatic N) is 7. The first-order chi connectivity index (χ1) is 21.4. The topological polar surface area (TPSA) is 125 Å². The molecule has 11 heteroatoms. The minimum Gasteiger partial charge on any atom is -0.395 e. The van der Waals surface area contributed by atoms with E-state index in [-0.39, 0.29) is 24.5 Å². The number of tetrazole rings is 1. The molecule has 5 rings (SSSR count). The summed E-state index contributed by atoms with van der Waals surface area (Å²) >= 11 is 1.60. The Morgan fingerprint density at radius 3 is 2.61 bits per heavy atom. The Labute approximate surface area is 264 Å². The maximum atomic E-state index is 9.93. The molecule has 3 N–H and O–H groups in total. The summed E-state index contributed by atoms with van der Waals surface area (Å²) in [7, 11) is 0. The van der Waals surface area contributed by atoms with E-state index in [1.165, 1.54) is 5.56 Å². The zero-order valence-corrected chi connectivity index (χ0v) is 27.0. The molecule has 0 bridgehead atoms. The van der Waals surface area contributed by atoms with Gasteiger partial charge < -0.3 is 15.5 Å². The summed E-state index contributed by atoms with van der Waals surface area (Å²) in [5.41, 5.74) is 3.09. The minimum atomic E-state index is -0.153. The van der Waals surface area contributed by atoms with E-state index < -0.39 is 0 Å². The van der Waals surface area contributed by atoms with Gasteiger partial charge in [0.2, 0.25) is 5.82 Å². The first kappa shape index (κ1) is 32.2. The smallest absolute Gasteiger partial charge is 0.216 e. The number of aromatic nitrogens is 6. The number of benzene rings is 1. The Kier molecular flexibility index (Phi) is 11.4. The van der Waals surface area contributed by atoms with Gasteiger partial charge in [0.05, 0.1) is 28.3 Å². The van der Waals surface area contributed by atoms with Gasteiger partial charge in [-0.25, -0.2) is 9.97 Å². The highest BCUT2D eigenvalue weighted by atomic mass is 32.1. The molecule has 0 aliphatic heterocycles. The third-order valence-corrected chi connectivity index (χ3v) is 9.89. The van der Waals surface area contributed by atoms with Gasteiger partial charge in [-0.2, -0.15) is 0 Å². The SMILES string of the molecule is CCCCN(CCO)Cc1cc(NCC2CCC(O)CC2)nc(C(C)C(C)c2ncc(-c3nnn(-c4ccccc4)n3)s2)c1. The summed E-state index contributed by atoms with van der Waals surface area (Å²) < 4.78 is 0. The Balaban J connectivity index is 1.34. The highest BCUT2D eigenvalue weighted by molar-refractivity contribution is 7.15. The van der Waals surface area contributed by atoms with E-state index in [1.807, 2.05) is 36.5 Å². The van der Waals surface area contributed by atoms with Crippen molar-refractivity contribution in [2.24, 2.45) is 5.92 Å². The number of pyridine rings is 1. The highest BCUT2D eigenvalue weighted by Crippen LogP contribution is 2.37. The van der Waals surface area contributed by atoms with E-state index in [1.54, 1.807) is 16.1 Å².